The zero-order chi connectivity index (χ0) is 10.5. The Hall–Kier alpha value is -1.83. The van der Waals surface area contributed by atoms with Gasteiger partial charge in [-0.05, 0) is 6.07 Å². The third-order valence-corrected chi connectivity index (χ3v) is 2.30. The largest absolute Gasteiger partial charge is 0.448 e. The van der Waals surface area contributed by atoms with E-state index in [2.05, 4.69) is 16.7 Å². The summed E-state index contributed by atoms with van der Waals surface area (Å²) < 4.78 is 7.36. The van der Waals surface area contributed by atoms with E-state index in [0.29, 0.717) is 0 Å². The Bertz CT molecular complexity index is 426. The molecule has 0 saturated carbocycles. The maximum absolute atomic E-state index is 5.28. The van der Waals surface area contributed by atoms with Crippen molar-refractivity contribution in [2.75, 3.05) is 7.11 Å². The summed E-state index contributed by atoms with van der Waals surface area (Å²) >= 11 is 0. The van der Waals surface area contributed by atoms with E-state index in [1.807, 2.05) is 42.6 Å². The van der Waals surface area contributed by atoms with Crippen molar-refractivity contribution in [2.45, 2.75) is 6.54 Å². The van der Waals surface area contributed by atoms with Gasteiger partial charge in [0.1, 0.15) is 0 Å². The van der Waals surface area contributed by atoms with Crippen LogP contribution in [-0.2, 0) is 6.54 Å². The number of benzene rings is 1. The van der Waals surface area contributed by atoms with Gasteiger partial charge in [-0.3, -0.25) is 0 Å². The van der Waals surface area contributed by atoms with Crippen LogP contribution in [0.1, 0.15) is 5.56 Å². The summed E-state index contributed by atoms with van der Waals surface area (Å²) in [4.78, 5) is 0. The first kappa shape index (κ1) is 9.71. The van der Waals surface area contributed by atoms with Gasteiger partial charge >= 0.3 is 5.88 Å². The van der Waals surface area contributed by atoms with E-state index in [0.717, 1.165) is 12.4 Å². The Kier molecular flexibility index (Phi) is 2.98. The monoisotopic (exact) mass is 200 g/mol. The summed E-state index contributed by atoms with van der Waals surface area (Å²) in [7, 11) is 1.69. The van der Waals surface area contributed by atoms with Crippen LogP contribution in [0.4, 0.5) is 0 Å². The molecule has 0 amide bonds. The number of hydrogen-bond donors (Lipinski definition) is 0. The molecule has 0 atom stereocenters. The van der Waals surface area contributed by atoms with E-state index in [9.17, 15) is 0 Å². The predicted octanol–water partition coefficient (Wildman–Crippen LogP) is 2.03. The number of nitrogens with zero attached hydrogens (tertiary/aromatic N) is 1. The fourth-order valence-electron chi connectivity index (χ4n) is 1.56. The third kappa shape index (κ3) is 2.34. The van der Waals surface area contributed by atoms with Crippen LogP contribution in [0.3, 0.4) is 0 Å². The Balaban J connectivity index is 2.24. The van der Waals surface area contributed by atoms with Crippen molar-refractivity contribution < 1.29 is 9.30 Å². The molecular formula is C13H14NO+. The molecule has 0 aliphatic carbocycles. The molecule has 0 spiro atoms. The fraction of sp³-hybridized carbons (Fsp3) is 0.154. The lowest BCUT2D eigenvalue weighted by Gasteiger charge is -2.01. The Morgan fingerprint density at radius 1 is 1.00 bits per heavy atom. The number of rotatable bonds is 3. The highest BCUT2D eigenvalue weighted by Gasteiger charge is 2.09. The molecule has 76 valence electrons. The van der Waals surface area contributed by atoms with Gasteiger partial charge in [-0.15, -0.1) is 0 Å². The van der Waals surface area contributed by atoms with Crippen molar-refractivity contribution in [3.63, 3.8) is 0 Å². The highest BCUT2D eigenvalue weighted by Crippen LogP contribution is 2.03. The first-order chi connectivity index (χ1) is 7.40. The van der Waals surface area contributed by atoms with Crippen molar-refractivity contribution in [1.29, 1.82) is 0 Å². The van der Waals surface area contributed by atoms with Gasteiger partial charge in [-0.2, -0.15) is 4.57 Å². The lowest BCUT2D eigenvalue weighted by atomic mass is 10.2. The summed E-state index contributed by atoms with van der Waals surface area (Å²) in [6.07, 6.45) is 2.02. The molecular weight excluding hydrogens is 186 g/mol. The zero-order valence-electron chi connectivity index (χ0n) is 8.76. The number of ether oxygens (including phenoxy) is 1. The van der Waals surface area contributed by atoms with Crippen molar-refractivity contribution in [3.8, 4) is 5.88 Å². The van der Waals surface area contributed by atoms with Crippen LogP contribution in [0.25, 0.3) is 0 Å². The molecule has 0 aliphatic rings. The smallest absolute Gasteiger partial charge is 0.367 e. The average Bonchev–Trinajstić information content (AvgIpc) is 2.31. The molecule has 2 aromatic rings. The van der Waals surface area contributed by atoms with Crippen molar-refractivity contribution in [3.05, 3.63) is 60.3 Å². The highest BCUT2D eigenvalue weighted by molar-refractivity contribution is 5.13. The molecule has 0 unspecified atom stereocenters. The molecule has 2 heteroatoms. The molecule has 0 bridgehead atoms. The number of methoxy groups -OCH3 is 1. The van der Waals surface area contributed by atoms with E-state index >= 15 is 0 Å². The van der Waals surface area contributed by atoms with E-state index in [1.54, 1.807) is 7.11 Å². The standard InChI is InChI=1S/C13H14NO/c1-15-13-9-5-6-10-14(13)11-12-7-3-2-4-8-12/h2-10H,11H2,1H3/q+1. The van der Waals surface area contributed by atoms with Crippen molar-refractivity contribution >= 4 is 0 Å². The van der Waals surface area contributed by atoms with Gasteiger partial charge in [0.05, 0.1) is 13.2 Å². The van der Waals surface area contributed by atoms with Crippen LogP contribution in [-0.4, -0.2) is 7.11 Å². The first-order valence-corrected chi connectivity index (χ1v) is 4.96. The van der Waals surface area contributed by atoms with Gasteiger partial charge in [-0.1, -0.05) is 30.3 Å². The summed E-state index contributed by atoms with van der Waals surface area (Å²) in [5.74, 6) is 0.876. The first-order valence-electron chi connectivity index (χ1n) is 4.96. The van der Waals surface area contributed by atoms with Crippen LogP contribution in [0.2, 0.25) is 0 Å². The topological polar surface area (TPSA) is 13.1 Å². The maximum atomic E-state index is 5.28. The SMILES string of the molecule is COc1cccc[n+]1Cc1ccccc1. The second kappa shape index (κ2) is 4.60. The van der Waals surface area contributed by atoms with Crippen LogP contribution in [0.5, 0.6) is 5.88 Å². The molecule has 0 saturated heterocycles. The maximum Gasteiger partial charge on any atom is 0.367 e. The van der Waals surface area contributed by atoms with Gasteiger partial charge < -0.3 is 4.74 Å². The van der Waals surface area contributed by atoms with Crippen molar-refractivity contribution in [1.82, 2.24) is 0 Å². The second-order valence-corrected chi connectivity index (χ2v) is 3.36. The Morgan fingerprint density at radius 3 is 2.47 bits per heavy atom. The Labute approximate surface area is 89.8 Å². The van der Waals surface area contributed by atoms with Crippen molar-refractivity contribution in [2.24, 2.45) is 0 Å². The summed E-state index contributed by atoms with van der Waals surface area (Å²) in [5, 5.41) is 0. The van der Waals surface area contributed by atoms with Crippen LogP contribution >= 0.6 is 0 Å². The number of pyridine rings is 1. The zero-order valence-corrected chi connectivity index (χ0v) is 8.76. The minimum Gasteiger partial charge on any atom is -0.448 e. The van der Waals surface area contributed by atoms with Gasteiger partial charge in [-0.25, -0.2) is 0 Å². The lowest BCUT2D eigenvalue weighted by molar-refractivity contribution is -0.693. The molecule has 15 heavy (non-hydrogen) atoms. The van der Waals surface area contributed by atoms with Gasteiger partial charge in [0.15, 0.2) is 12.7 Å². The van der Waals surface area contributed by atoms with E-state index in [1.165, 1.54) is 5.56 Å². The van der Waals surface area contributed by atoms with Gasteiger partial charge in [0, 0.05) is 11.6 Å². The van der Waals surface area contributed by atoms with Crippen LogP contribution < -0.4 is 9.30 Å². The summed E-state index contributed by atoms with van der Waals surface area (Å²) in [6.45, 7) is 0.838. The normalized spacial score (nSPS) is 9.93. The molecule has 1 aromatic heterocycles. The van der Waals surface area contributed by atoms with Crippen LogP contribution in [0.15, 0.2) is 54.7 Å². The minimum absolute atomic E-state index is 0.838. The molecule has 2 rings (SSSR count). The molecule has 0 radical (unpaired) electrons. The fourth-order valence-corrected chi connectivity index (χ4v) is 1.56. The molecule has 0 aliphatic heterocycles. The van der Waals surface area contributed by atoms with E-state index in [4.69, 9.17) is 4.74 Å². The van der Waals surface area contributed by atoms with E-state index < -0.39 is 0 Å². The molecule has 2 nitrogen and oxygen atoms in total. The lowest BCUT2D eigenvalue weighted by Crippen LogP contribution is -2.35. The number of aromatic nitrogens is 1. The van der Waals surface area contributed by atoms with Gasteiger partial charge in [0.25, 0.3) is 0 Å². The predicted molar refractivity (Wildman–Crippen MR) is 58.7 cm³/mol. The highest BCUT2D eigenvalue weighted by atomic mass is 16.5. The Morgan fingerprint density at radius 2 is 1.73 bits per heavy atom. The second-order valence-electron chi connectivity index (χ2n) is 3.36. The molecule has 0 fully saturated rings. The summed E-state index contributed by atoms with van der Waals surface area (Å²) in [6, 6.07) is 16.3. The molecule has 1 aromatic carbocycles. The quantitative estimate of drug-likeness (QED) is 0.691. The number of hydrogen-bond acceptors (Lipinski definition) is 1. The van der Waals surface area contributed by atoms with E-state index in [-0.39, 0.29) is 0 Å². The van der Waals surface area contributed by atoms with Crippen LogP contribution in [0, 0.1) is 0 Å². The van der Waals surface area contributed by atoms with Gasteiger partial charge in [0.2, 0.25) is 0 Å². The minimum atomic E-state index is 0.838. The molecule has 0 N–H and O–H groups in total. The summed E-state index contributed by atoms with van der Waals surface area (Å²) in [5.41, 5.74) is 1.27. The third-order valence-electron chi connectivity index (χ3n) is 2.30. The molecule has 1 heterocycles. The average molecular weight is 200 g/mol.